The maximum Gasteiger partial charge on any atom is 0.271 e. The Morgan fingerprint density at radius 2 is 2.23 bits per heavy atom. The molecule has 2 aromatic heterocycles. The molecule has 1 amide bonds. The molecule has 1 aromatic carbocycles. The Morgan fingerprint density at radius 1 is 1.41 bits per heavy atom. The molecule has 0 aliphatic rings. The van der Waals surface area contributed by atoms with E-state index in [1.54, 1.807) is 6.07 Å². The first-order valence-electron chi connectivity index (χ1n) is 6.96. The van der Waals surface area contributed by atoms with Crippen molar-refractivity contribution in [1.29, 1.82) is 0 Å². The second-order valence-corrected chi connectivity index (χ2v) is 5.82. The predicted molar refractivity (Wildman–Crippen MR) is 87.8 cm³/mol. The Hall–Kier alpha value is -2.47. The summed E-state index contributed by atoms with van der Waals surface area (Å²) in [5, 5.41) is 4.60. The van der Waals surface area contributed by atoms with Crippen molar-refractivity contribution < 1.29 is 4.79 Å². The number of nitrogens with zero attached hydrogens (tertiary/aromatic N) is 2. The molecule has 0 radical (unpaired) electrons. The van der Waals surface area contributed by atoms with Gasteiger partial charge in [0, 0.05) is 23.0 Å². The van der Waals surface area contributed by atoms with E-state index in [4.69, 9.17) is 0 Å². The lowest BCUT2D eigenvalue weighted by molar-refractivity contribution is 0.102. The van der Waals surface area contributed by atoms with Crippen LogP contribution in [0.5, 0.6) is 0 Å². The third-order valence-corrected chi connectivity index (χ3v) is 4.41. The highest BCUT2D eigenvalue weighted by atomic mass is 32.1. The first-order chi connectivity index (χ1) is 10.6. The molecule has 0 saturated heterocycles. The van der Waals surface area contributed by atoms with Gasteiger partial charge in [-0.05, 0) is 31.0 Å². The Labute approximate surface area is 131 Å². The highest BCUT2D eigenvalue weighted by Crippen LogP contribution is 2.14. The molecule has 22 heavy (non-hydrogen) atoms. The van der Waals surface area contributed by atoms with Gasteiger partial charge in [0.05, 0.1) is 0 Å². The van der Waals surface area contributed by atoms with Crippen molar-refractivity contribution >= 4 is 27.9 Å². The van der Waals surface area contributed by atoms with E-state index < -0.39 is 5.91 Å². The Kier molecular flexibility index (Phi) is 3.77. The standard InChI is InChI=1S/C16H15N3O2S/c1-3-11-5-4-6-12(7-11)18-14(20)13-8-17-16-19(15(13)21)10(2)9-22-16/h4-9H,3H2,1-2H3,(H,18,20). The molecular formula is C16H15N3O2S. The van der Waals surface area contributed by atoms with Crippen LogP contribution in [0.15, 0.2) is 40.6 Å². The fraction of sp³-hybridized carbons (Fsp3) is 0.188. The van der Waals surface area contributed by atoms with Gasteiger partial charge in [-0.1, -0.05) is 19.1 Å². The first-order valence-corrected chi connectivity index (χ1v) is 7.84. The topological polar surface area (TPSA) is 63.5 Å². The van der Waals surface area contributed by atoms with Gasteiger partial charge in [-0.15, -0.1) is 11.3 Å². The van der Waals surface area contributed by atoms with Crippen LogP contribution in [0.3, 0.4) is 0 Å². The number of carbonyl (C=O) groups is 1. The molecule has 2 heterocycles. The fourth-order valence-electron chi connectivity index (χ4n) is 2.25. The van der Waals surface area contributed by atoms with E-state index in [1.165, 1.54) is 21.9 Å². The molecule has 0 saturated carbocycles. The number of thiazole rings is 1. The number of carbonyl (C=O) groups excluding carboxylic acids is 1. The monoisotopic (exact) mass is 313 g/mol. The summed E-state index contributed by atoms with van der Waals surface area (Å²) in [6.45, 7) is 3.86. The number of fused-ring (bicyclic) bond motifs is 1. The van der Waals surface area contributed by atoms with Crippen LogP contribution in [0.4, 0.5) is 5.69 Å². The molecule has 112 valence electrons. The number of hydrogen-bond acceptors (Lipinski definition) is 4. The van der Waals surface area contributed by atoms with Gasteiger partial charge in [-0.25, -0.2) is 4.98 Å². The van der Waals surface area contributed by atoms with Gasteiger partial charge < -0.3 is 5.32 Å². The third kappa shape index (κ3) is 2.53. The summed E-state index contributed by atoms with van der Waals surface area (Å²) in [4.78, 5) is 29.6. The van der Waals surface area contributed by atoms with Gasteiger partial charge in [0.1, 0.15) is 5.56 Å². The Balaban J connectivity index is 1.96. The smallest absolute Gasteiger partial charge is 0.271 e. The number of aromatic nitrogens is 2. The highest BCUT2D eigenvalue weighted by molar-refractivity contribution is 7.15. The second kappa shape index (κ2) is 5.73. The number of aryl methyl sites for hydroxylation is 2. The average molecular weight is 313 g/mol. The lowest BCUT2D eigenvalue weighted by atomic mass is 10.1. The minimum Gasteiger partial charge on any atom is -0.322 e. The summed E-state index contributed by atoms with van der Waals surface area (Å²) < 4.78 is 1.46. The zero-order valence-corrected chi connectivity index (χ0v) is 13.1. The number of hydrogen-bond donors (Lipinski definition) is 1. The lowest BCUT2D eigenvalue weighted by Gasteiger charge is -2.06. The van der Waals surface area contributed by atoms with Gasteiger partial charge in [0.25, 0.3) is 11.5 Å². The van der Waals surface area contributed by atoms with Crippen LogP contribution < -0.4 is 10.9 Å². The quantitative estimate of drug-likeness (QED) is 0.808. The maximum atomic E-state index is 12.4. The van der Waals surface area contributed by atoms with E-state index in [0.29, 0.717) is 10.6 Å². The van der Waals surface area contributed by atoms with Gasteiger partial charge in [0.15, 0.2) is 4.96 Å². The molecule has 3 rings (SSSR count). The molecule has 3 aromatic rings. The molecule has 6 heteroatoms. The zero-order chi connectivity index (χ0) is 15.7. The molecule has 0 fully saturated rings. The van der Waals surface area contributed by atoms with Crippen molar-refractivity contribution in [3.63, 3.8) is 0 Å². The predicted octanol–water partition coefficient (Wildman–Crippen LogP) is 2.88. The summed E-state index contributed by atoms with van der Waals surface area (Å²) in [5.41, 5.74) is 2.28. The lowest BCUT2D eigenvalue weighted by Crippen LogP contribution is -2.26. The van der Waals surface area contributed by atoms with Crippen LogP contribution in [-0.2, 0) is 6.42 Å². The molecule has 5 nitrogen and oxygen atoms in total. The van der Waals surface area contributed by atoms with E-state index in [9.17, 15) is 9.59 Å². The fourth-order valence-corrected chi connectivity index (χ4v) is 3.08. The normalized spacial score (nSPS) is 10.8. The Morgan fingerprint density at radius 3 is 3.00 bits per heavy atom. The average Bonchev–Trinajstić information content (AvgIpc) is 2.90. The van der Waals surface area contributed by atoms with Crippen LogP contribution in [0.25, 0.3) is 4.96 Å². The molecule has 0 aliphatic heterocycles. The molecule has 0 atom stereocenters. The summed E-state index contributed by atoms with van der Waals surface area (Å²) in [7, 11) is 0. The largest absolute Gasteiger partial charge is 0.322 e. The van der Waals surface area contributed by atoms with Gasteiger partial charge in [0.2, 0.25) is 0 Å². The number of amides is 1. The van der Waals surface area contributed by atoms with E-state index in [0.717, 1.165) is 17.7 Å². The number of anilines is 1. The van der Waals surface area contributed by atoms with E-state index in [2.05, 4.69) is 10.3 Å². The van der Waals surface area contributed by atoms with Crippen LogP contribution >= 0.6 is 11.3 Å². The number of rotatable bonds is 3. The highest BCUT2D eigenvalue weighted by Gasteiger charge is 2.15. The van der Waals surface area contributed by atoms with E-state index in [1.807, 2.05) is 37.4 Å². The van der Waals surface area contributed by atoms with E-state index in [-0.39, 0.29) is 11.1 Å². The minimum absolute atomic E-state index is 0.0425. The Bertz CT molecular complexity index is 911. The molecule has 1 N–H and O–H groups in total. The minimum atomic E-state index is -0.439. The maximum absolute atomic E-state index is 12.4. The van der Waals surface area contributed by atoms with Crippen molar-refractivity contribution in [1.82, 2.24) is 9.38 Å². The van der Waals surface area contributed by atoms with Crippen molar-refractivity contribution in [3.05, 3.63) is 63.0 Å². The van der Waals surface area contributed by atoms with Crippen LogP contribution in [0.1, 0.15) is 28.5 Å². The van der Waals surface area contributed by atoms with Gasteiger partial charge in [-0.3, -0.25) is 14.0 Å². The summed E-state index contributed by atoms with van der Waals surface area (Å²) in [6.07, 6.45) is 2.22. The zero-order valence-electron chi connectivity index (χ0n) is 12.3. The summed E-state index contributed by atoms with van der Waals surface area (Å²) >= 11 is 1.38. The number of benzene rings is 1. The van der Waals surface area contributed by atoms with Gasteiger partial charge >= 0.3 is 0 Å². The van der Waals surface area contributed by atoms with Crippen LogP contribution in [-0.4, -0.2) is 15.3 Å². The summed E-state index contributed by atoms with van der Waals surface area (Å²) in [5.74, 6) is -0.439. The van der Waals surface area contributed by atoms with Crippen LogP contribution in [0, 0.1) is 6.92 Å². The first kappa shape index (κ1) is 14.5. The van der Waals surface area contributed by atoms with Crippen molar-refractivity contribution in [2.24, 2.45) is 0 Å². The van der Waals surface area contributed by atoms with Crippen molar-refractivity contribution in [2.75, 3.05) is 5.32 Å². The third-order valence-electron chi connectivity index (χ3n) is 3.45. The molecule has 0 unspecified atom stereocenters. The van der Waals surface area contributed by atoms with E-state index >= 15 is 0 Å². The van der Waals surface area contributed by atoms with Crippen LogP contribution in [0.2, 0.25) is 0 Å². The van der Waals surface area contributed by atoms with Crippen molar-refractivity contribution in [3.8, 4) is 0 Å². The number of nitrogens with one attached hydrogen (secondary N) is 1. The molecule has 0 bridgehead atoms. The van der Waals surface area contributed by atoms with Gasteiger partial charge in [-0.2, -0.15) is 0 Å². The molecular weight excluding hydrogens is 298 g/mol. The van der Waals surface area contributed by atoms with Crippen molar-refractivity contribution in [2.45, 2.75) is 20.3 Å². The molecule has 0 aliphatic carbocycles. The SMILES string of the molecule is CCc1cccc(NC(=O)c2cnc3scc(C)n3c2=O)c1. The second-order valence-electron chi connectivity index (χ2n) is 4.98. The molecule has 0 spiro atoms. The summed E-state index contributed by atoms with van der Waals surface area (Å²) in [6, 6.07) is 7.58.